The van der Waals surface area contributed by atoms with Crippen molar-refractivity contribution in [2.45, 2.75) is 11.8 Å². The lowest BCUT2D eigenvalue weighted by Gasteiger charge is -2.15. The molecule has 0 aliphatic rings. The molecule has 1 aromatic heterocycles. The number of hydrogen-bond acceptors (Lipinski definition) is 6. The van der Waals surface area contributed by atoms with Crippen LogP contribution in [0, 0.1) is 6.92 Å². The van der Waals surface area contributed by atoms with Crippen LogP contribution in [0.3, 0.4) is 0 Å². The van der Waals surface area contributed by atoms with Gasteiger partial charge in [-0.25, -0.2) is 8.42 Å². The molecule has 0 fully saturated rings. The molecular weight excluding hydrogens is 356 g/mol. The maximum Gasteiger partial charge on any atom is 0.274 e. The van der Waals surface area contributed by atoms with Gasteiger partial charge in [-0.15, -0.1) is 0 Å². The number of rotatable bonds is 4. The molecule has 0 atom stereocenters. The smallest absolute Gasteiger partial charge is 0.274 e. The van der Waals surface area contributed by atoms with E-state index in [4.69, 9.17) is 15.2 Å². The number of hydrogen-bond donors (Lipinski definition) is 1. The first-order valence-electron chi connectivity index (χ1n) is 7.69. The van der Waals surface area contributed by atoms with Gasteiger partial charge in [0.1, 0.15) is 16.4 Å². The van der Waals surface area contributed by atoms with Gasteiger partial charge in [-0.1, -0.05) is 6.07 Å². The zero-order valence-electron chi connectivity index (χ0n) is 14.5. The van der Waals surface area contributed by atoms with Crippen LogP contribution in [0.1, 0.15) is 5.56 Å². The van der Waals surface area contributed by atoms with E-state index in [2.05, 4.69) is 0 Å². The van der Waals surface area contributed by atoms with Gasteiger partial charge in [-0.2, -0.15) is 3.97 Å². The number of aryl methyl sites for hydroxylation is 1. The van der Waals surface area contributed by atoms with Crippen molar-refractivity contribution >= 4 is 26.6 Å². The standard InChI is InChI=1S/C18H18N2O5S/c1-11-8-12-4-5-13(19)9-15(12)20(18(11)21)26(22,23)17-7-6-14(24-2)10-16(17)25-3/h4-10H,19H2,1-3H3. The van der Waals surface area contributed by atoms with Crippen LogP contribution >= 0.6 is 0 Å². The minimum atomic E-state index is -4.24. The molecule has 8 heteroatoms. The summed E-state index contributed by atoms with van der Waals surface area (Å²) < 4.78 is 37.7. The Labute approximate surface area is 150 Å². The summed E-state index contributed by atoms with van der Waals surface area (Å²) in [5, 5.41) is 0.590. The zero-order chi connectivity index (χ0) is 19.1. The quantitative estimate of drug-likeness (QED) is 0.702. The Kier molecular flexibility index (Phi) is 4.37. The summed E-state index contributed by atoms with van der Waals surface area (Å²) in [6, 6.07) is 10.7. The molecule has 3 rings (SSSR count). The Bertz CT molecular complexity index is 1170. The van der Waals surface area contributed by atoms with Crippen molar-refractivity contribution in [1.82, 2.24) is 3.97 Å². The van der Waals surface area contributed by atoms with E-state index in [9.17, 15) is 13.2 Å². The second-order valence-corrected chi connectivity index (χ2v) is 7.49. The average Bonchev–Trinajstić information content (AvgIpc) is 2.62. The molecule has 0 aliphatic heterocycles. The lowest BCUT2D eigenvalue weighted by Crippen LogP contribution is -2.29. The Morgan fingerprint density at radius 3 is 2.38 bits per heavy atom. The molecule has 1 heterocycles. The van der Waals surface area contributed by atoms with Crippen molar-refractivity contribution in [3.8, 4) is 11.5 Å². The summed E-state index contributed by atoms with van der Waals surface area (Å²) in [4.78, 5) is 12.6. The van der Waals surface area contributed by atoms with Gasteiger partial charge in [0.25, 0.3) is 15.6 Å². The van der Waals surface area contributed by atoms with Gasteiger partial charge in [-0.3, -0.25) is 4.79 Å². The lowest BCUT2D eigenvalue weighted by molar-refractivity contribution is 0.386. The molecule has 0 amide bonds. The molecule has 26 heavy (non-hydrogen) atoms. The minimum Gasteiger partial charge on any atom is -0.497 e. The fraction of sp³-hybridized carbons (Fsp3) is 0.167. The molecule has 2 N–H and O–H groups in total. The molecule has 2 aromatic carbocycles. The highest BCUT2D eigenvalue weighted by Crippen LogP contribution is 2.31. The number of aromatic nitrogens is 1. The molecule has 7 nitrogen and oxygen atoms in total. The molecule has 0 unspecified atom stereocenters. The van der Waals surface area contributed by atoms with E-state index in [0.29, 0.717) is 22.4 Å². The van der Waals surface area contributed by atoms with Crippen LogP contribution < -0.4 is 20.8 Å². The number of fused-ring (bicyclic) bond motifs is 1. The van der Waals surface area contributed by atoms with Gasteiger partial charge in [0, 0.05) is 17.3 Å². The Morgan fingerprint density at radius 2 is 1.73 bits per heavy atom. The van der Waals surface area contributed by atoms with Crippen LogP contribution in [0.15, 0.2) is 52.2 Å². The van der Waals surface area contributed by atoms with Crippen molar-refractivity contribution in [2.75, 3.05) is 20.0 Å². The Morgan fingerprint density at radius 1 is 1.00 bits per heavy atom. The van der Waals surface area contributed by atoms with E-state index in [-0.39, 0.29) is 16.2 Å². The van der Waals surface area contributed by atoms with E-state index in [1.807, 2.05) is 0 Å². The normalized spacial score (nSPS) is 11.5. The van der Waals surface area contributed by atoms with Crippen molar-refractivity contribution in [3.63, 3.8) is 0 Å². The molecule has 0 saturated heterocycles. The average molecular weight is 374 g/mol. The summed E-state index contributed by atoms with van der Waals surface area (Å²) in [6.45, 7) is 1.56. The van der Waals surface area contributed by atoms with E-state index in [1.54, 1.807) is 25.1 Å². The van der Waals surface area contributed by atoms with E-state index >= 15 is 0 Å². The highest BCUT2D eigenvalue weighted by molar-refractivity contribution is 7.90. The van der Waals surface area contributed by atoms with Crippen molar-refractivity contribution in [1.29, 1.82) is 0 Å². The molecule has 0 aliphatic carbocycles. The van der Waals surface area contributed by atoms with Crippen molar-refractivity contribution in [2.24, 2.45) is 0 Å². The third kappa shape index (κ3) is 2.78. The topological polar surface area (TPSA) is 101 Å². The van der Waals surface area contributed by atoms with E-state index in [1.165, 1.54) is 38.5 Å². The summed E-state index contributed by atoms with van der Waals surface area (Å²) >= 11 is 0. The fourth-order valence-electron chi connectivity index (χ4n) is 2.75. The summed E-state index contributed by atoms with van der Waals surface area (Å²) in [7, 11) is -1.42. The number of nitrogens with zero attached hydrogens (tertiary/aromatic N) is 1. The lowest BCUT2D eigenvalue weighted by atomic mass is 10.1. The van der Waals surface area contributed by atoms with Crippen LogP contribution in [-0.4, -0.2) is 26.6 Å². The van der Waals surface area contributed by atoms with Crippen molar-refractivity contribution in [3.05, 3.63) is 58.4 Å². The van der Waals surface area contributed by atoms with Gasteiger partial charge in [-0.05, 0) is 42.6 Å². The number of benzene rings is 2. The number of pyridine rings is 1. The van der Waals surface area contributed by atoms with Crippen LogP contribution in [0.25, 0.3) is 10.9 Å². The van der Waals surface area contributed by atoms with Crippen LogP contribution in [0.4, 0.5) is 5.69 Å². The zero-order valence-corrected chi connectivity index (χ0v) is 15.3. The van der Waals surface area contributed by atoms with Gasteiger partial charge in [0.2, 0.25) is 0 Å². The third-order valence-corrected chi connectivity index (χ3v) is 5.79. The van der Waals surface area contributed by atoms with Gasteiger partial charge < -0.3 is 15.2 Å². The largest absolute Gasteiger partial charge is 0.497 e. The predicted molar refractivity (Wildman–Crippen MR) is 99.5 cm³/mol. The van der Waals surface area contributed by atoms with Gasteiger partial charge >= 0.3 is 0 Å². The Hall–Kier alpha value is -3.00. The van der Waals surface area contributed by atoms with Crippen LogP contribution in [0.5, 0.6) is 11.5 Å². The fourth-order valence-corrected chi connectivity index (χ4v) is 4.36. The molecule has 136 valence electrons. The predicted octanol–water partition coefficient (Wildman–Crippen LogP) is 2.15. The third-order valence-electron chi connectivity index (χ3n) is 4.06. The first kappa shape index (κ1) is 17.8. The SMILES string of the molecule is COc1ccc(S(=O)(=O)n2c(=O)c(C)cc3ccc(N)cc32)c(OC)c1. The summed E-state index contributed by atoms with van der Waals surface area (Å²) in [5.74, 6) is 0.515. The summed E-state index contributed by atoms with van der Waals surface area (Å²) in [6.07, 6.45) is 0. The van der Waals surface area contributed by atoms with E-state index in [0.717, 1.165) is 3.97 Å². The molecule has 0 saturated carbocycles. The second-order valence-electron chi connectivity index (χ2n) is 5.74. The molecular formula is C18H18N2O5S. The number of nitrogen functional groups attached to an aromatic ring is 1. The monoisotopic (exact) mass is 374 g/mol. The maximum atomic E-state index is 13.3. The van der Waals surface area contributed by atoms with Gasteiger partial charge in [0.05, 0.1) is 19.7 Å². The number of nitrogens with two attached hydrogens (primary N) is 1. The van der Waals surface area contributed by atoms with Crippen LogP contribution in [-0.2, 0) is 10.0 Å². The second kappa shape index (κ2) is 6.38. The van der Waals surface area contributed by atoms with Crippen LogP contribution in [0.2, 0.25) is 0 Å². The molecule has 0 radical (unpaired) electrons. The highest BCUT2D eigenvalue weighted by atomic mass is 32.2. The molecule has 0 spiro atoms. The highest BCUT2D eigenvalue weighted by Gasteiger charge is 2.26. The first-order chi connectivity index (χ1) is 12.3. The molecule has 3 aromatic rings. The van der Waals surface area contributed by atoms with Gasteiger partial charge in [0.15, 0.2) is 0 Å². The summed E-state index contributed by atoms with van der Waals surface area (Å²) in [5.41, 5.74) is 6.03. The van der Waals surface area contributed by atoms with Crippen molar-refractivity contribution < 1.29 is 17.9 Å². The number of anilines is 1. The van der Waals surface area contributed by atoms with E-state index < -0.39 is 15.6 Å². The molecule has 0 bridgehead atoms. The number of ether oxygens (including phenoxy) is 2. The Balaban J connectivity index is 2.41. The first-order valence-corrected chi connectivity index (χ1v) is 9.13. The number of methoxy groups -OCH3 is 2. The maximum absolute atomic E-state index is 13.3. The minimum absolute atomic E-state index is 0.0785.